The number of hydrogen-bond acceptors (Lipinski definition) is 16. The number of piperazine rings is 1. The third kappa shape index (κ3) is 15.4. The van der Waals surface area contributed by atoms with Crippen LogP contribution in [0.1, 0.15) is 69.7 Å². The number of amides is 2. The Hall–Kier alpha value is -4.35. The van der Waals surface area contributed by atoms with Gasteiger partial charge in [0.05, 0.1) is 89.7 Å². The van der Waals surface area contributed by atoms with Gasteiger partial charge in [-0.3, -0.25) is 4.90 Å². The van der Waals surface area contributed by atoms with E-state index in [-0.39, 0.29) is 44.0 Å². The molecule has 0 aliphatic carbocycles. The summed E-state index contributed by atoms with van der Waals surface area (Å²) in [6.45, 7) is 13.3. The quantitative estimate of drug-likeness (QED) is 0.159. The Bertz CT molecular complexity index is 1760. The van der Waals surface area contributed by atoms with Crippen molar-refractivity contribution < 1.29 is 52.2 Å². The topological polar surface area (TPSA) is 180 Å². The molecule has 2 aromatic rings. The van der Waals surface area contributed by atoms with Crippen molar-refractivity contribution in [2.24, 2.45) is 0 Å². The maximum absolute atomic E-state index is 13.3. The van der Waals surface area contributed by atoms with Gasteiger partial charge in [-0.05, 0) is 65.5 Å². The first-order valence-electron chi connectivity index (χ1n) is 22.4. The first-order valence-corrected chi connectivity index (χ1v) is 22.4. The first-order chi connectivity index (χ1) is 30.6. The third-order valence-corrected chi connectivity index (χ3v) is 11.3. The van der Waals surface area contributed by atoms with Gasteiger partial charge in [0, 0.05) is 50.9 Å². The number of likely N-dealkylation sites (N-methyl/N-ethyl adjacent to an activating group) is 1. The summed E-state index contributed by atoms with van der Waals surface area (Å²) in [5.41, 5.74) is 1.83. The van der Waals surface area contributed by atoms with Crippen LogP contribution in [0, 0.1) is 11.3 Å². The zero-order valence-corrected chi connectivity index (χ0v) is 37.6. The molecule has 6 rings (SSSR count). The summed E-state index contributed by atoms with van der Waals surface area (Å²) in [5, 5.41) is 9.78. The minimum Gasteiger partial charge on any atom is -0.462 e. The number of hydrogen-bond donors (Lipinski definition) is 0. The molecule has 3 saturated heterocycles. The fourth-order valence-corrected chi connectivity index (χ4v) is 7.98. The zero-order valence-electron chi connectivity index (χ0n) is 37.6. The van der Waals surface area contributed by atoms with Crippen LogP contribution in [0.3, 0.4) is 0 Å². The van der Waals surface area contributed by atoms with Gasteiger partial charge in [0.1, 0.15) is 24.6 Å². The van der Waals surface area contributed by atoms with Crippen molar-refractivity contribution in [3.8, 4) is 12.1 Å². The van der Waals surface area contributed by atoms with E-state index in [0.29, 0.717) is 104 Å². The Labute approximate surface area is 371 Å². The van der Waals surface area contributed by atoms with Crippen LogP contribution >= 0.6 is 0 Å². The van der Waals surface area contributed by atoms with Gasteiger partial charge in [-0.15, -0.1) is 0 Å². The van der Waals surface area contributed by atoms with Gasteiger partial charge in [0.25, 0.3) is 0 Å². The van der Waals surface area contributed by atoms with Crippen LogP contribution in [0.5, 0.6) is 6.01 Å². The number of nitriles is 1. The Morgan fingerprint density at radius 3 is 2.30 bits per heavy atom. The molecule has 2 amide bonds. The monoisotopic (exact) mass is 881 g/mol. The minimum atomic E-state index is -0.645. The van der Waals surface area contributed by atoms with E-state index in [1.165, 1.54) is 0 Å². The van der Waals surface area contributed by atoms with E-state index in [1.54, 1.807) is 9.80 Å². The summed E-state index contributed by atoms with van der Waals surface area (Å²) in [6, 6.07) is 11.6. The summed E-state index contributed by atoms with van der Waals surface area (Å²) >= 11 is 0. The van der Waals surface area contributed by atoms with Crippen molar-refractivity contribution in [2.45, 2.75) is 103 Å². The third-order valence-electron chi connectivity index (χ3n) is 11.3. The van der Waals surface area contributed by atoms with Crippen LogP contribution in [0.25, 0.3) is 0 Å². The lowest BCUT2D eigenvalue weighted by atomic mass is 10.0. The lowest BCUT2D eigenvalue weighted by molar-refractivity contribution is -0.169. The molecule has 1 aromatic heterocycles. The highest BCUT2D eigenvalue weighted by molar-refractivity contribution is 5.70. The molecule has 4 atom stereocenters. The summed E-state index contributed by atoms with van der Waals surface area (Å²) < 4.78 is 52.0. The van der Waals surface area contributed by atoms with E-state index >= 15 is 0 Å². The molecule has 18 nitrogen and oxygen atoms in total. The molecule has 3 fully saturated rings. The van der Waals surface area contributed by atoms with Crippen molar-refractivity contribution in [3.05, 3.63) is 47.2 Å². The highest BCUT2D eigenvalue weighted by atomic mass is 16.7. The fourth-order valence-electron chi connectivity index (χ4n) is 7.98. The average molecular weight is 882 g/mol. The molecule has 5 heterocycles. The first kappa shape index (κ1) is 48.1. The van der Waals surface area contributed by atoms with Crippen LogP contribution in [-0.4, -0.2) is 173 Å². The highest BCUT2D eigenvalue weighted by Crippen LogP contribution is 2.32. The molecule has 0 N–H and O–H groups in total. The molecule has 0 saturated carbocycles. The predicted molar refractivity (Wildman–Crippen MR) is 230 cm³/mol. The summed E-state index contributed by atoms with van der Waals surface area (Å²) in [5.74, 6) is 0.685. The number of rotatable bonds is 21. The van der Waals surface area contributed by atoms with Crippen LogP contribution in [0.2, 0.25) is 0 Å². The molecule has 0 radical (unpaired) electrons. The molecule has 4 aliphatic heterocycles. The van der Waals surface area contributed by atoms with Crippen molar-refractivity contribution in [3.63, 3.8) is 0 Å². The van der Waals surface area contributed by atoms with Gasteiger partial charge >= 0.3 is 18.2 Å². The molecule has 348 valence electrons. The van der Waals surface area contributed by atoms with Gasteiger partial charge in [0.15, 0.2) is 6.29 Å². The predicted octanol–water partition coefficient (Wildman–Crippen LogP) is 4.57. The number of ether oxygens (including phenoxy) is 9. The van der Waals surface area contributed by atoms with Gasteiger partial charge in [-0.1, -0.05) is 30.3 Å². The minimum absolute atomic E-state index is 0.0180. The summed E-state index contributed by atoms with van der Waals surface area (Å²) in [6.07, 6.45) is 3.65. The number of aromatic nitrogens is 2. The number of carbonyl (C=O) groups excluding carboxylic acids is 2. The number of fused-ring (bicyclic) bond motifs is 1. The lowest BCUT2D eigenvalue weighted by Gasteiger charge is -2.41. The number of nitrogens with zero attached hydrogens (tertiary/aromatic N) is 7. The second kappa shape index (κ2) is 24.6. The smallest absolute Gasteiger partial charge is 0.410 e. The number of likely N-dealkylation sites (tertiary alicyclic amines) is 1. The van der Waals surface area contributed by atoms with Gasteiger partial charge in [-0.25, -0.2) is 9.59 Å². The van der Waals surface area contributed by atoms with Crippen LogP contribution in [0.15, 0.2) is 30.3 Å². The van der Waals surface area contributed by atoms with E-state index in [4.69, 9.17) is 52.6 Å². The zero-order chi connectivity index (χ0) is 44.4. The number of carbonyl (C=O) groups is 2. The van der Waals surface area contributed by atoms with Crippen LogP contribution in [0.4, 0.5) is 15.4 Å². The second-order valence-electron chi connectivity index (χ2n) is 17.2. The van der Waals surface area contributed by atoms with Crippen LogP contribution in [-0.2, 0) is 57.5 Å². The molecule has 18 heteroatoms. The van der Waals surface area contributed by atoms with E-state index in [1.807, 2.05) is 58.2 Å². The van der Waals surface area contributed by atoms with Crippen molar-refractivity contribution >= 4 is 18.0 Å². The molecular weight excluding hydrogens is 815 g/mol. The van der Waals surface area contributed by atoms with Crippen LogP contribution < -0.4 is 9.64 Å². The number of benzene rings is 1. The van der Waals surface area contributed by atoms with Crippen molar-refractivity contribution in [1.29, 1.82) is 5.26 Å². The summed E-state index contributed by atoms with van der Waals surface area (Å²) in [4.78, 5) is 43.9. The van der Waals surface area contributed by atoms with Crippen molar-refractivity contribution in [2.75, 3.05) is 111 Å². The second-order valence-corrected chi connectivity index (χ2v) is 17.2. The molecule has 2 unspecified atom stereocenters. The Kier molecular flexibility index (Phi) is 18.8. The summed E-state index contributed by atoms with van der Waals surface area (Å²) in [7, 11) is 2.05. The average Bonchev–Trinajstić information content (AvgIpc) is 3.64. The molecule has 63 heavy (non-hydrogen) atoms. The van der Waals surface area contributed by atoms with Gasteiger partial charge < -0.3 is 57.3 Å². The van der Waals surface area contributed by atoms with Gasteiger partial charge in [-0.2, -0.15) is 15.2 Å². The largest absolute Gasteiger partial charge is 0.462 e. The molecule has 1 aromatic carbocycles. The normalized spacial score (nSPS) is 21.8. The Morgan fingerprint density at radius 1 is 0.873 bits per heavy atom. The maximum Gasteiger partial charge on any atom is 0.410 e. The molecule has 0 bridgehead atoms. The Morgan fingerprint density at radius 2 is 1.60 bits per heavy atom. The van der Waals surface area contributed by atoms with E-state index in [2.05, 4.69) is 15.9 Å². The number of anilines is 1. The fraction of sp³-hybridized carbons (Fsp3) is 0.711. The molecular formula is C45H67N7O11. The van der Waals surface area contributed by atoms with E-state index in [0.717, 1.165) is 50.0 Å². The Balaban J connectivity index is 0.969. The van der Waals surface area contributed by atoms with Crippen molar-refractivity contribution in [1.82, 2.24) is 24.7 Å². The van der Waals surface area contributed by atoms with Gasteiger partial charge in [0.2, 0.25) is 0 Å². The molecule has 4 aliphatic rings. The van der Waals surface area contributed by atoms with E-state index < -0.39 is 23.8 Å². The SMILES string of the molecule is CN1C[C@H](OCCOCCOCCOCCOC2CCCCO2)C[C@H]1COc1nc2c(c(N3CCN(C(=O)OCc4ccccc4)C(CC#N)C3)n1)CCN(C(=O)OC(C)(C)C)C2. The standard InChI is InChI=1S/C45H67N7O11/c1-45(2,3)63-43(53)51-16-14-38-39(31-51)47-42(48-41(38)50-17-18-52(35(29-50)13-15-46)44(54)62-32-34-10-6-5-7-11-34)61-33-36-28-37(30-49(36)4)58-26-24-56-22-20-55-21-23-57-25-27-60-40-12-8-9-19-59-40/h5-7,10-11,35-37,40H,8-9,12-14,16-33H2,1-4H3/t35?,36-,37+,40?/m0/s1. The maximum atomic E-state index is 13.3. The van der Waals surface area contributed by atoms with E-state index in [9.17, 15) is 14.9 Å². The molecule has 0 spiro atoms. The lowest BCUT2D eigenvalue weighted by Crippen LogP contribution is -2.56. The highest BCUT2D eigenvalue weighted by Gasteiger charge is 2.36.